The fourth-order valence-corrected chi connectivity index (χ4v) is 1.46. The summed E-state index contributed by atoms with van der Waals surface area (Å²) in [6, 6.07) is 11.8. The number of hydrogen-bond acceptors (Lipinski definition) is 3. The van der Waals surface area contributed by atoms with Gasteiger partial charge in [-0.15, -0.1) is 0 Å². The molecular formula is C13H10N2O2. The van der Waals surface area contributed by atoms with Gasteiger partial charge in [-0.25, -0.2) is 0 Å². The summed E-state index contributed by atoms with van der Waals surface area (Å²) in [5.41, 5.74) is 6.17. The van der Waals surface area contributed by atoms with Crippen molar-refractivity contribution in [3.8, 4) is 0 Å². The van der Waals surface area contributed by atoms with Crippen LogP contribution in [0.25, 0.3) is 0 Å². The number of carbonyl (C=O) groups excluding carboxylic acids is 2. The van der Waals surface area contributed by atoms with E-state index in [0.717, 1.165) is 0 Å². The third kappa shape index (κ3) is 2.36. The first kappa shape index (κ1) is 11.0. The number of aromatic nitrogens is 1. The third-order valence-corrected chi connectivity index (χ3v) is 2.31. The quantitative estimate of drug-likeness (QED) is 0.804. The molecule has 17 heavy (non-hydrogen) atoms. The van der Waals surface area contributed by atoms with Crippen LogP contribution in [0.1, 0.15) is 26.4 Å². The number of primary amides is 1. The van der Waals surface area contributed by atoms with E-state index in [9.17, 15) is 9.59 Å². The average molecular weight is 226 g/mol. The van der Waals surface area contributed by atoms with Gasteiger partial charge in [0.25, 0.3) is 5.91 Å². The Morgan fingerprint density at radius 2 is 1.71 bits per heavy atom. The Bertz CT molecular complexity index is 565. The molecule has 2 N–H and O–H groups in total. The number of nitrogens with two attached hydrogens (primary N) is 1. The molecule has 0 saturated carbocycles. The van der Waals surface area contributed by atoms with Crippen LogP contribution in [0.5, 0.6) is 0 Å². The lowest BCUT2D eigenvalue weighted by atomic mass is 10.0. The van der Waals surface area contributed by atoms with Crippen molar-refractivity contribution in [3.05, 3.63) is 65.5 Å². The van der Waals surface area contributed by atoms with E-state index in [2.05, 4.69) is 4.98 Å². The second-order valence-corrected chi connectivity index (χ2v) is 3.49. The predicted molar refractivity (Wildman–Crippen MR) is 62.6 cm³/mol. The lowest BCUT2D eigenvalue weighted by Gasteiger charge is -2.01. The van der Waals surface area contributed by atoms with Crippen LogP contribution in [0.15, 0.2) is 48.7 Å². The summed E-state index contributed by atoms with van der Waals surface area (Å²) in [6.07, 6.45) is 1.40. The monoisotopic (exact) mass is 226 g/mol. The molecule has 0 fully saturated rings. The molecule has 4 nitrogen and oxygen atoms in total. The molecule has 0 unspecified atom stereocenters. The van der Waals surface area contributed by atoms with Gasteiger partial charge in [0.15, 0.2) is 5.78 Å². The zero-order valence-corrected chi connectivity index (χ0v) is 8.96. The highest BCUT2D eigenvalue weighted by atomic mass is 16.1. The van der Waals surface area contributed by atoms with Gasteiger partial charge in [-0.2, -0.15) is 0 Å². The fraction of sp³-hybridized carbons (Fsp3) is 0. The maximum atomic E-state index is 12.0. The predicted octanol–water partition coefficient (Wildman–Crippen LogP) is 1.41. The number of carbonyl (C=O) groups is 2. The molecule has 1 aromatic heterocycles. The standard InChI is InChI=1S/C13H10N2O2/c14-13(17)11-8-10(6-7-15-11)12(16)9-4-2-1-3-5-9/h1-8H,(H2,14,17). The second-order valence-electron chi connectivity index (χ2n) is 3.49. The van der Waals surface area contributed by atoms with Crippen molar-refractivity contribution in [3.63, 3.8) is 0 Å². The first-order valence-corrected chi connectivity index (χ1v) is 5.04. The average Bonchev–Trinajstić information content (AvgIpc) is 2.39. The Hall–Kier alpha value is -2.49. The molecule has 0 bridgehead atoms. The zero-order chi connectivity index (χ0) is 12.3. The summed E-state index contributed by atoms with van der Waals surface area (Å²) in [7, 11) is 0. The van der Waals surface area contributed by atoms with Gasteiger partial charge in [0.2, 0.25) is 0 Å². The SMILES string of the molecule is NC(=O)c1cc(C(=O)c2ccccc2)ccn1. The van der Waals surface area contributed by atoms with Crippen molar-refractivity contribution in [1.29, 1.82) is 0 Å². The summed E-state index contributed by atoms with van der Waals surface area (Å²) >= 11 is 0. The first-order chi connectivity index (χ1) is 8.18. The Kier molecular flexibility index (Phi) is 2.96. The number of hydrogen-bond donors (Lipinski definition) is 1. The highest BCUT2D eigenvalue weighted by molar-refractivity contribution is 6.09. The van der Waals surface area contributed by atoms with E-state index in [-0.39, 0.29) is 11.5 Å². The summed E-state index contributed by atoms with van der Waals surface area (Å²) in [4.78, 5) is 26.8. The minimum atomic E-state index is -0.646. The van der Waals surface area contributed by atoms with Crippen molar-refractivity contribution in [2.75, 3.05) is 0 Å². The largest absolute Gasteiger partial charge is 0.364 e. The molecule has 0 aliphatic heterocycles. The molecule has 1 heterocycles. The van der Waals surface area contributed by atoms with Crippen molar-refractivity contribution in [2.24, 2.45) is 5.73 Å². The van der Waals surface area contributed by atoms with Gasteiger partial charge >= 0.3 is 0 Å². The van der Waals surface area contributed by atoms with Crippen molar-refractivity contribution in [1.82, 2.24) is 4.98 Å². The van der Waals surface area contributed by atoms with E-state index < -0.39 is 5.91 Å². The van der Waals surface area contributed by atoms with E-state index >= 15 is 0 Å². The van der Waals surface area contributed by atoms with Crippen LogP contribution in [0.4, 0.5) is 0 Å². The summed E-state index contributed by atoms with van der Waals surface area (Å²) in [5, 5.41) is 0. The Balaban J connectivity index is 2.38. The molecule has 1 amide bonds. The number of benzene rings is 1. The fourth-order valence-electron chi connectivity index (χ4n) is 1.46. The molecule has 0 aliphatic rings. The number of ketones is 1. The number of rotatable bonds is 3. The van der Waals surface area contributed by atoms with Crippen LogP contribution in [0.2, 0.25) is 0 Å². The number of nitrogens with zero attached hydrogens (tertiary/aromatic N) is 1. The molecule has 4 heteroatoms. The Morgan fingerprint density at radius 3 is 2.35 bits per heavy atom. The van der Waals surface area contributed by atoms with Gasteiger partial charge in [-0.1, -0.05) is 30.3 Å². The van der Waals surface area contributed by atoms with Crippen LogP contribution in [0.3, 0.4) is 0 Å². The van der Waals surface area contributed by atoms with Gasteiger partial charge in [0.05, 0.1) is 0 Å². The van der Waals surface area contributed by atoms with Gasteiger partial charge < -0.3 is 5.73 Å². The van der Waals surface area contributed by atoms with Crippen molar-refractivity contribution < 1.29 is 9.59 Å². The van der Waals surface area contributed by atoms with Gasteiger partial charge in [0, 0.05) is 17.3 Å². The molecule has 2 rings (SSSR count). The molecule has 0 radical (unpaired) electrons. The topological polar surface area (TPSA) is 73.1 Å². The summed E-state index contributed by atoms with van der Waals surface area (Å²) < 4.78 is 0. The van der Waals surface area contributed by atoms with Crippen molar-refractivity contribution >= 4 is 11.7 Å². The Morgan fingerprint density at radius 1 is 1.00 bits per heavy atom. The highest BCUT2D eigenvalue weighted by Crippen LogP contribution is 2.09. The van der Waals surface area contributed by atoms with Crippen LogP contribution >= 0.6 is 0 Å². The van der Waals surface area contributed by atoms with Crippen LogP contribution < -0.4 is 5.73 Å². The van der Waals surface area contributed by atoms with Crippen LogP contribution in [0, 0.1) is 0 Å². The van der Waals surface area contributed by atoms with E-state index in [1.54, 1.807) is 30.3 Å². The zero-order valence-electron chi connectivity index (χ0n) is 8.96. The molecule has 2 aromatic rings. The normalized spacial score (nSPS) is 9.88. The molecule has 0 atom stereocenters. The minimum Gasteiger partial charge on any atom is -0.364 e. The van der Waals surface area contributed by atoms with Crippen LogP contribution in [-0.2, 0) is 0 Å². The smallest absolute Gasteiger partial charge is 0.267 e. The van der Waals surface area contributed by atoms with E-state index in [0.29, 0.717) is 11.1 Å². The third-order valence-electron chi connectivity index (χ3n) is 2.31. The van der Waals surface area contributed by atoms with E-state index in [1.807, 2.05) is 6.07 Å². The van der Waals surface area contributed by atoms with Gasteiger partial charge in [-0.3, -0.25) is 14.6 Å². The van der Waals surface area contributed by atoms with Crippen LogP contribution in [-0.4, -0.2) is 16.7 Å². The maximum Gasteiger partial charge on any atom is 0.267 e. The highest BCUT2D eigenvalue weighted by Gasteiger charge is 2.11. The van der Waals surface area contributed by atoms with Gasteiger partial charge in [-0.05, 0) is 12.1 Å². The molecule has 84 valence electrons. The van der Waals surface area contributed by atoms with Crippen molar-refractivity contribution in [2.45, 2.75) is 0 Å². The number of pyridine rings is 1. The van der Waals surface area contributed by atoms with E-state index in [1.165, 1.54) is 12.3 Å². The molecular weight excluding hydrogens is 216 g/mol. The van der Waals surface area contributed by atoms with Gasteiger partial charge in [0.1, 0.15) is 5.69 Å². The molecule has 1 aromatic carbocycles. The lowest BCUT2D eigenvalue weighted by molar-refractivity contribution is 0.0995. The Labute approximate surface area is 98.1 Å². The maximum absolute atomic E-state index is 12.0. The second kappa shape index (κ2) is 4.57. The summed E-state index contributed by atoms with van der Waals surface area (Å²) in [5.74, 6) is -0.803. The summed E-state index contributed by atoms with van der Waals surface area (Å²) in [6.45, 7) is 0. The first-order valence-electron chi connectivity index (χ1n) is 5.04. The van der Waals surface area contributed by atoms with E-state index in [4.69, 9.17) is 5.73 Å². The lowest BCUT2D eigenvalue weighted by Crippen LogP contribution is -2.14. The molecule has 0 spiro atoms. The minimum absolute atomic E-state index is 0.0896. The molecule has 0 saturated heterocycles. The molecule has 0 aliphatic carbocycles. The number of amides is 1.